The Morgan fingerprint density at radius 1 is 0.295 bits per heavy atom. The van der Waals surface area contributed by atoms with Gasteiger partial charge in [-0.25, -0.2) is 9.59 Å². The van der Waals surface area contributed by atoms with Gasteiger partial charge >= 0.3 is 11.9 Å². The van der Waals surface area contributed by atoms with Crippen molar-refractivity contribution in [2.24, 2.45) is 0 Å². The first-order valence-corrected chi connectivity index (χ1v) is 26.8. The first kappa shape index (κ1) is 54.3. The summed E-state index contributed by atoms with van der Waals surface area (Å²) >= 11 is 0. The van der Waals surface area contributed by atoms with E-state index in [9.17, 15) is 9.59 Å². The first-order valence-electron chi connectivity index (χ1n) is 26.8. The number of rotatable bonds is 18. The van der Waals surface area contributed by atoms with Gasteiger partial charge in [0.05, 0.1) is 63.0 Å². The zero-order chi connectivity index (χ0) is 53.1. The van der Waals surface area contributed by atoms with Crippen LogP contribution in [0.2, 0.25) is 0 Å². The molecule has 12 heteroatoms. The van der Waals surface area contributed by atoms with Crippen LogP contribution in [0.3, 0.4) is 0 Å². The summed E-state index contributed by atoms with van der Waals surface area (Å²) in [6.07, 6.45) is -2.33. The molecular weight excluding hydrogens is 985 g/mol. The number of hydrogen-bond donors (Lipinski definition) is 0. The molecule has 0 aliphatic carbocycles. The largest absolute Gasteiger partial charge is 0.459 e. The molecule has 0 unspecified atom stereocenters. The number of carbonyl (C=O) groups is 2. The molecule has 78 heavy (non-hydrogen) atoms. The second-order valence-electron chi connectivity index (χ2n) is 19.7. The molecule has 2 fully saturated rings. The summed E-state index contributed by atoms with van der Waals surface area (Å²) in [5.74, 6) is -1.47. The van der Waals surface area contributed by atoms with Crippen LogP contribution in [0.4, 0.5) is 0 Å². The molecule has 4 bridgehead atoms. The number of fused-ring (bicyclic) bond motifs is 5. The second-order valence-corrected chi connectivity index (χ2v) is 19.7. The monoisotopic (exact) mass is 1050 g/mol. The van der Waals surface area contributed by atoms with Crippen molar-refractivity contribution < 1.29 is 57.0 Å². The minimum atomic E-state index is -0.833. The Bertz CT molecular complexity index is 2730. The summed E-state index contributed by atoms with van der Waals surface area (Å²) in [7, 11) is 0. The van der Waals surface area contributed by atoms with E-state index >= 15 is 0 Å². The average molecular weight is 1050 g/mol. The molecule has 10 rings (SSSR count). The number of benzene rings is 7. The van der Waals surface area contributed by atoms with Crippen molar-refractivity contribution in [1.82, 2.24) is 0 Å². The standard InChI is InChI=1S/C66H66O12/c67-65-53-35-19-20-36-54(53)66(68)76-46-58-62(72-42-50-29-13-4-14-30-50)64(74-44-52-33-17-6-18-34-52)60(70-40-48-25-9-2-10-26-48)56(78-58)38-22-21-37-55-59(69-39-47-23-7-1-8-24-47)63(73-43-51-31-15-5-16-32-51)61(57(77-55)45-75-65)71-41-49-27-11-3-12-28-49/h1-36,55-64H,37-46H2/b22-21+/t55-,56-,57-,58-,59-,60-,61-,62-,63-,64-/m1/s1. The molecule has 0 spiro atoms. The van der Waals surface area contributed by atoms with Gasteiger partial charge in [0.1, 0.15) is 62.0 Å². The molecule has 0 saturated carbocycles. The summed E-state index contributed by atoms with van der Waals surface area (Å²) in [5, 5.41) is 0. The Labute approximate surface area is 456 Å². The SMILES string of the molecule is O=C1OC[C@H]2O[C@H](C/C=C/C[C@H]3O[C@H](COC(=O)c4ccccc41)[C@@H](OCc1ccccc1)[C@H](OCc1ccccc1)[C@@H]3OCc1ccccc1)[C@@H](OCc1ccccc1)[C@@H](OCc1ccccc1)[C@@H]2OCc1ccccc1. The molecule has 3 aliphatic heterocycles. The molecule has 2 saturated heterocycles. The van der Waals surface area contributed by atoms with Gasteiger partial charge in [0.15, 0.2) is 0 Å². The maximum atomic E-state index is 14.4. The highest BCUT2D eigenvalue weighted by atomic mass is 16.6. The van der Waals surface area contributed by atoms with Crippen molar-refractivity contribution in [2.75, 3.05) is 13.2 Å². The lowest BCUT2D eigenvalue weighted by atomic mass is 9.91. The van der Waals surface area contributed by atoms with Crippen molar-refractivity contribution in [3.63, 3.8) is 0 Å². The maximum absolute atomic E-state index is 14.4. The third-order valence-electron chi connectivity index (χ3n) is 14.2. The molecule has 0 aromatic heterocycles. The van der Waals surface area contributed by atoms with Crippen LogP contribution in [0.15, 0.2) is 218 Å². The molecule has 0 N–H and O–H groups in total. The van der Waals surface area contributed by atoms with Gasteiger partial charge in [-0.3, -0.25) is 0 Å². The Morgan fingerprint density at radius 2 is 0.526 bits per heavy atom. The maximum Gasteiger partial charge on any atom is 0.339 e. The molecule has 7 aromatic rings. The lowest BCUT2D eigenvalue weighted by molar-refractivity contribution is -0.269. The number of hydrogen-bond acceptors (Lipinski definition) is 12. The van der Waals surface area contributed by atoms with Crippen LogP contribution < -0.4 is 0 Å². The fraction of sp³-hybridized carbons (Fsp3) is 0.303. The van der Waals surface area contributed by atoms with E-state index in [1.54, 1.807) is 24.3 Å². The Morgan fingerprint density at radius 3 is 0.795 bits per heavy atom. The summed E-state index contributed by atoms with van der Waals surface area (Å²) in [5.41, 5.74) is 5.82. The van der Waals surface area contributed by atoms with Crippen molar-refractivity contribution >= 4 is 11.9 Å². The van der Waals surface area contributed by atoms with Crippen molar-refractivity contribution in [1.29, 1.82) is 0 Å². The zero-order valence-corrected chi connectivity index (χ0v) is 43.5. The van der Waals surface area contributed by atoms with Gasteiger partial charge in [0, 0.05) is 0 Å². The van der Waals surface area contributed by atoms with Gasteiger partial charge in [-0.05, 0) is 58.4 Å². The predicted molar refractivity (Wildman–Crippen MR) is 293 cm³/mol. The predicted octanol–water partition coefficient (Wildman–Crippen LogP) is 11.4. The van der Waals surface area contributed by atoms with E-state index in [0.29, 0.717) is 12.8 Å². The molecular formula is C66H66O12. The summed E-state index contributed by atoms with van der Waals surface area (Å²) < 4.78 is 68.1. The summed E-state index contributed by atoms with van der Waals surface area (Å²) in [6.45, 7) is 1.05. The van der Waals surface area contributed by atoms with Crippen molar-refractivity contribution in [2.45, 2.75) is 114 Å². The zero-order valence-electron chi connectivity index (χ0n) is 43.5. The molecule has 10 atom stereocenters. The van der Waals surface area contributed by atoms with Crippen LogP contribution in [0.5, 0.6) is 0 Å². The van der Waals surface area contributed by atoms with Gasteiger partial charge in [0.25, 0.3) is 0 Å². The fourth-order valence-corrected chi connectivity index (χ4v) is 10.2. The molecule has 402 valence electrons. The highest BCUT2D eigenvalue weighted by molar-refractivity contribution is 6.03. The van der Waals surface area contributed by atoms with Crippen LogP contribution in [0, 0.1) is 0 Å². The summed E-state index contributed by atoms with van der Waals surface area (Å²) in [6, 6.07) is 66.0. The molecule has 3 heterocycles. The van der Waals surface area contributed by atoms with E-state index in [0.717, 1.165) is 33.4 Å². The third kappa shape index (κ3) is 14.7. The molecule has 3 aliphatic rings. The van der Waals surface area contributed by atoms with E-state index in [4.69, 9.17) is 47.4 Å². The number of carbonyl (C=O) groups excluding carboxylic acids is 2. The van der Waals surface area contributed by atoms with Gasteiger partial charge < -0.3 is 47.4 Å². The minimum Gasteiger partial charge on any atom is -0.459 e. The lowest BCUT2D eigenvalue weighted by Gasteiger charge is -2.46. The first-order chi connectivity index (χ1) is 38.5. The second kappa shape index (κ2) is 28.0. The number of cyclic esters (lactones) is 2. The fourth-order valence-electron chi connectivity index (χ4n) is 10.2. The van der Waals surface area contributed by atoms with Gasteiger partial charge in [-0.2, -0.15) is 0 Å². The van der Waals surface area contributed by atoms with Crippen molar-refractivity contribution in [3.05, 3.63) is 263 Å². The van der Waals surface area contributed by atoms with E-state index in [2.05, 4.69) is 12.2 Å². The normalized spacial score (nSPS) is 25.1. The average Bonchev–Trinajstić information content (AvgIpc) is 3.59. The minimum absolute atomic E-state index is 0.0272. The number of esters is 2. The Kier molecular flexibility index (Phi) is 19.5. The van der Waals surface area contributed by atoms with Crippen molar-refractivity contribution in [3.8, 4) is 0 Å². The highest BCUT2D eigenvalue weighted by Gasteiger charge is 2.50. The molecule has 12 nitrogen and oxygen atoms in total. The quantitative estimate of drug-likeness (QED) is 0.0600. The van der Waals surface area contributed by atoms with E-state index in [1.165, 1.54) is 0 Å². The summed E-state index contributed by atoms with van der Waals surface area (Å²) in [4.78, 5) is 28.8. The Hall–Kier alpha value is -7.10. The van der Waals surface area contributed by atoms with Gasteiger partial charge in [-0.1, -0.05) is 206 Å². The van der Waals surface area contributed by atoms with Crippen LogP contribution in [0.25, 0.3) is 0 Å². The van der Waals surface area contributed by atoms with E-state index < -0.39 is 73.0 Å². The molecule has 7 aromatic carbocycles. The van der Waals surface area contributed by atoms with Crippen LogP contribution >= 0.6 is 0 Å². The smallest absolute Gasteiger partial charge is 0.339 e. The third-order valence-corrected chi connectivity index (χ3v) is 14.2. The highest BCUT2D eigenvalue weighted by Crippen LogP contribution is 2.35. The lowest BCUT2D eigenvalue weighted by Crippen LogP contribution is -2.61. The van der Waals surface area contributed by atoms with Crippen LogP contribution in [0.1, 0.15) is 66.9 Å². The number of ether oxygens (including phenoxy) is 10. The van der Waals surface area contributed by atoms with Gasteiger partial charge in [0.2, 0.25) is 0 Å². The van der Waals surface area contributed by atoms with Crippen LogP contribution in [-0.2, 0) is 87.0 Å². The topological polar surface area (TPSA) is 126 Å². The Balaban J connectivity index is 1.03. The molecule has 0 radical (unpaired) electrons. The molecule has 0 amide bonds. The van der Waals surface area contributed by atoms with Gasteiger partial charge in [-0.15, -0.1) is 0 Å². The van der Waals surface area contributed by atoms with E-state index in [-0.39, 0.29) is 64.0 Å². The van der Waals surface area contributed by atoms with Crippen LogP contribution in [-0.4, -0.2) is 86.2 Å². The van der Waals surface area contributed by atoms with E-state index in [1.807, 2.05) is 182 Å².